The molecular weight excluding hydrogens is 308 g/mol. The highest BCUT2D eigenvalue weighted by molar-refractivity contribution is 6.74. The van der Waals surface area contributed by atoms with Gasteiger partial charge in [-0.25, -0.2) is 0 Å². The van der Waals surface area contributed by atoms with Crippen molar-refractivity contribution in [3.05, 3.63) is 0 Å². The molecule has 0 aromatic rings. The summed E-state index contributed by atoms with van der Waals surface area (Å²) in [5.41, 5.74) is 0. The van der Waals surface area contributed by atoms with Gasteiger partial charge in [0.25, 0.3) is 0 Å². The summed E-state index contributed by atoms with van der Waals surface area (Å²) in [5.74, 6) is 0. The molecule has 0 bridgehead atoms. The normalized spacial score (nSPS) is 16.4. The lowest BCUT2D eigenvalue weighted by molar-refractivity contribution is -0.110. The van der Waals surface area contributed by atoms with Crippen LogP contribution < -0.4 is 0 Å². The molecule has 3 nitrogen and oxygen atoms in total. The van der Waals surface area contributed by atoms with Crippen LogP contribution in [0.2, 0.25) is 36.3 Å². The van der Waals surface area contributed by atoms with Gasteiger partial charge in [-0.1, -0.05) is 41.5 Å². The molecule has 0 fully saturated rings. The molecule has 0 aromatic carbocycles. The second-order valence-corrected chi connectivity index (χ2v) is 17.4. The Morgan fingerprint density at radius 2 is 1.45 bits per heavy atom. The highest BCUT2D eigenvalue weighted by Gasteiger charge is 2.41. The van der Waals surface area contributed by atoms with E-state index in [1.165, 1.54) is 0 Å². The number of rotatable bonds is 10. The fraction of sp³-hybridized carbons (Fsp3) is 0.941. The Kier molecular flexibility index (Phi) is 8.77. The summed E-state index contributed by atoms with van der Waals surface area (Å²) in [6, 6.07) is 3.30. The third-order valence-electron chi connectivity index (χ3n) is 5.47. The van der Waals surface area contributed by atoms with Gasteiger partial charge in [-0.2, -0.15) is 0 Å². The predicted molar refractivity (Wildman–Crippen MR) is 100 cm³/mol. The Hall–Kier alpha value is 0.0238. The van der Waals surface area contributed by atoms with Gasteiger partial charge in [0.1, 0.15) is 6.29 Å². The van der Waals surface area contributed by atoms with Gasteiger partial charge in [-0.05, 0) is 43.2 Å². The molecule has 0 aromatic heterocycles. The zero-order valence-corrected chi connectivity index (χ0v) is 18.3. The van der Waals surface area contributed by atoms with Gasteiger partial charge in [0, 0.05) is 6.42 Å². The Labute approximate surface area is 140 Å². The molecule has 0 N–H and O–H groups in total. The molecule has 0 heterocycles. The summed E-state index contributed by atoms with van der Waals surface area (Å²) in [7, 11) is -3.57. The maximum atomic E-state index is 11.1. The maximum absolute atomic E-state index is 11.1. The first-order valence-corrected chi connectivity index (χ1v) is 14.2. The number of carbonyl (C=O) groups excluding carboxylic acids is 1. The van der Waals surface area contributed by atoms with Crippen molar-refractivity contribution in [1.29, 1.82) is 0 Å². The molecule has 0 saturated carbocycles. The quantitative estimate of drug-likeness (QED) is 0.394. The highest BCUT2D eigenvalue weighted by atomic mass is 28.4. The molecule has 2 atom stereocenters. The van der Waals surface area contributed by atoms with E-state index in [4.69, 9.17) is 8.85 Å². The summed E-state index contributed by atoms with van der Waals surface area (Å²) in [4.78, 5) is 11.1. The first-order valence-electron chi connectivity index (χ1n) is 8.77. The number of hydrogen-bond acceptors (Lipinski definition) is 3. The van der Waals surface area contributed by atoms with Crippen molar-refractivity contribution in [2.24, 2.45) is 0 Å². The van der Waals surface area contributed by atoms with Crippen LogP contribution in [0.1, 0.15) is 54.9 Å². The smallest absolute Gasteiger partial charge is 0.192 e. The Morgan fingerprint density at radius 1 is 1.00 bits per heavy atom. The van der Waals surface area contributed by atoms with Crippen molar-refractivity contribution >= 4 is 22.9 Å². The molecule has 0 aliphatic heterocycles. The number of hydrogen-bond donors (Lipinski definition) is 0. The summed E-state index contributed by atoms with van der Waals surface area (Å²) in [5, 5.41) is 0.168. The molecule has 0 amide bonds. The third-order valence-corrected chi connectivity index (χ3v) is 14.7. The van der Waals surface area contributed by atoms with Crippen LogP contribution in [0.15, 0.2) is 0 Å². The molecule has 0 spiro atoms. The lowest BCUT2D eigenvalue weighted by Crippen LogP contribution is -2.50. The molecule has 0 aliphatic rings. The minimum Gasteiger partial charge on any atom is -0.412 e. The van der Waals surface area contributed by atoms with Crippen LogP contribution in [-0.2, 0) is 13.6 Å². The van der Waals surface area contributed by atoms with Crippen LogP contribution in [0.5, 0.6) is 0 Å². The van der Waals surface area contributed by atoms with Crippen LogP contribution in [0.3, 0.4) is 0 Å². The first-order chi connectivity index (χ1) is 9.98. The monoisotopic (exact) mass is 346 g/mol. The van der Waals surface area contributed by atoms with Crippen molar-refractivity contribution in [2.75, 3.05) is 0 Å². The molecular formula is C17H38O3Si2. The SMILES string of the molecule is CC[Si](CC)(CC)O[C@H](CC=O)[C@H](C)O[Si](C)(C)C(C)(C)C. The average Bonchev–Trinajstić information content (AvgIpc) is 2.42. The molecule has 22 heavy (non-hydrogen) atoms. The average molecular weight is 347 g/mol. The lowest BCUT2D eigenvalue weighted by atomic mass is 10.2. The zero-order valence-electron chi connectivity index (χ0n) is 16.3. The second-order valence-electron chi connectivity index (χ2n) is 7.89. The Bertz CT molecular complexity index is 325. The van der Waals surface area contributed by atoms with E-state index in [0.717, 1.165) is 24.4 Å². The summed E-state index contributed by atoms with van der Waals surface area (Å²) < 4.78 is 13.0. The molecule has 5 heteroatoms. The molecule has 0 unspecified atom stereocenters. The van der Waals surface area contributed by atoms with Crippen LogP contribution in [0.4, 0.5) is 0 Å². The second kappa shape index (κ2) is 8.76. The lowest BCUT2D eigenvalue weighted by Gasteiger charge is -2.42. The van der Waals surface area contributed by atoms with Crippen molar-refractivity contribution in [3.8, 4) is 0 Å². The van der Waals surface area contributed by atoms with Gasteiger partial charge >= 0.3 is 0 Å². The van der Waals surface area contributed by atoms with Crippen molar-refractivity contribution in [2.45, 2.75) is 103 Å². The minimum absolute atomic E-state index is 0.0254. The van der Waals surface area contributed by atoms with E-state index in [9.17, 15) is 4.79 Å². The van der Waals surface area contributed by atoms with E-state index in [-0.39, 0.29) is 17.2 Å². The number of aldehydes is 1. The summed E-state index contributed by atoms with van der Waals surface area (Å²) in [6.45, 7) is 20.0. The van der Waals surface area contributed by atoms with E-state index in [1.807, 2.05) is 0 Å². The van der Waals surface area contributed by atoms with E-state index < -0.39 is 16.6 Å². The zero-order chi connectivity index (χ0) is 17.6. The van der Waals surface area contributed by atoms with Crippen molar-refractivity contribution < 1.29 is 13.6 Å². The topological polar surface area (TPSA) is 35.5 Å². The van der Waals surface area contributed by atoms with Crippen LogP contribution >= 0.6 is 0 Å². The first kappa shape index (κ1) is 22.0. The van der Waals surface area contributed by atoms with E-state index in [1.54, 1.807) is 0 Å². The maximum Gasteiger partial charge on any atom is 0.192 e. The van der Waals surface area contributed by atoms with Crippen molar-refractivity contribution in [3.63, 3.8) is 0 Å². The minimum atomic E-state index is -1.85. The largest absolute Gasteiger partial charge is 0.412 e. The summed E-state index contributed by atoms with van der Waals surface area (Å²) in [6.07, 6.45) is 1.29. The summed E-state index contributed by atoms with van der Waals surface area (Å²) >= 11 is 0. The van der Waals surface area contributed by atoms with Gasteiger partial charge in [0.2, 0.25) is 0 Å². The molecule has 132 valence electrons. The Balaban J connectivity index is 5.13. The van der Waals surface area contributed by atoms with E-state index in [0.29, 0.717) is 6.42 Å². The van der Waals surface area contributed by atoms with Crippen molar-refractivity contribution in [1.82, 2.24) is 0 Å². The van der Waals surface area contributed by atoms with Crippen LogP contribution in [-0.4, -0.2) is 35.1 Å². The fourth-order valence-corrected chi connectivity index (χ4v) is 6.83. The standard InChI is InChI=1S/C17H38O3Si2/c1-10-22(11-2,12-3)20-16(13-14-18)15(4)19-21(8,9)17(5,6)7/h14-16H,10-13H2,1-9H3/t15-,16+/m0/s1. The van der Waals surface area contributed by atoms with Gasteiger partial charge in [0.05, 0.1) is 12.2 Å². The molecule has 0 aliphatic carbocycles. The molecule has 0 rings (SSSR count). The fourth-order valence-electron chi connectivity index (χ4n) is 2.47. The molecule has 0 radical (unpaired) electrons. The Morgan fingerprint density at radius 3 is 1.77 bits per heavy atom. The van der Waals surface area contributed by atoms with Gasteiger partial charge < -0.3 is 13.6 Å². The van der Waals surface area contributed by atoms with E-state index >= 15 is 0 Å². The van der Waals surface area contributed by atoms with Gasteiger partial charge in [-0.3, -0.25) is 0 Å². The van der Waals surface area contributed by atoms with Gasteiger partial charge in [-0.15, -0.1) is 0 Å². The predicted octanol–water partition coefficient (Wildman–Crippen LogP) is 5.38. The van der Waals surface area contributed by atoms with Crippen LogP contribution in [0, 0.1) is 0 Å². The molecule has 0 saturated heterocycles. The van der Waals surface area contributed by atoms with Crippen LogP contribution in [0.25, 0.3) is 0 Å². The highest BCUT2D eigenvalue weighted by Crippen LogP contribution is 2.38. The van der Waals surface area contributed by atoms with Gasteiger partial charge in [0.15, 0.2) is 16.6 Å². The number of carbonyl (C=O) groups is 1. The van der Waals surface area contributed by atoms with E-state index in [2.05, 4.69) is 61.6 Å². The third kappa shape index (κ3) is 5.91.